The van der Waals surface area contributed by atoms with Crippen LogP contribution in [0.4, 0.5) is 5.69 Å². The minimum atomic E-state index is -0.488. The first kappa shape index (κ1) is 21.3. The molecule has 1 N–H and O–H groups in total. The van der Waals surface area contributed by atoms with Gasteiger partial charge in [0.15, 0.2) is 0 Å². The highest BCUT2D eigenvalue weighted by molar-refractivity contribution is 6.30. The lowest BCUT2D eigenvalue weighted by Gasteiger charge is -2.12. The fourth-order valence-corrected chi connectivity index (χ4v) is 3.38. The maximum Gasteiger partial charge on any atom is 0.332 e. The third-order valence-corrected chi connectivity index (χ3v) is 5.24. The molecule has 1 amide bonds. The number of amides is 1. The molecule has 0 radical (unpaired) electrons. The summed E-state index contributed by atoms with van der Waals surface area (Å²) in [5, 5.41) is 3.60. The molecule has 0 spiro atoms. The number of carbonyl (C=O) groups is 1. The number of ether oxygens (including phenoxy) is 1. The molecule has 0 bridgehead atoms. The molecule has 0 aliphatic heterocycles. The van der Waals surface area contributed by atoms with Crippen LogP contribution in [0.15, 0.2) is 70.4 Å². The second kappa shape index (κ2) is 8.68. The van der Waals surface area contributed by atoms with E-state index < -0.39 is 17.2 Å². The number of carbonyl (C=O) groups excluding carboxylic acids is 1. The third-order valence-electron chi connectivity index (χ3n) is 4.99. The minimum Gasteiger partial charge on any atom is -0.488 e. The van der Waals surface area contributed by atoms with Crippen LogP contribution in [-0.4, -0.2) is 20.0 Å². The number of halogens is 1. The van der Waals surface area contributed by atoms with Gasteiger partial charge in [0.2, 0.25) is 0 Å². The van der Waals surface area contributed by atoms with E-state index in [1.807, 2.05) is 12.1 Å². The van der Waals surface area contributed by atoms with Gasteiger partial charge in [0.1, 0.15) is 18.0 Å². The summed E-state index contributed by atoms with van der Waals surface area (Å²) in [5.41, 5.74) is 0.838. The Morgan fingerprint density at radius 2 is 1.78 bits per heavy atom. The second-order valence-corrected chi connectivity index (χ2v) is 7.60. The lowest BCUT2D eigenvalue weighted by atomic mass is 10.1. The number of aryl methyl sites for hydroxylation is 1. The number of aromatic nitrogens is 3. The summed E-state index contributed by atoms with van der Waals surface area (Å²) in [6, 6.07) is 15.6. The number of benzene rings is 2. The normalized spacial score (nSPS) is 10.8. The topological polar surface area (TPSA) is 95.2 Å². The zero-order valence-electron chi connectivity index (χ0n) is 17.3. The molecule has 0 aliphatic carbocycles. The highest BCUT2D eigenvalue weighted by Gasteiger charge is 2.15. The lowest BCUT2D eigenvalue weighted by molar-refractivity contribution is 0.102. The van der Waals surface area contributed by atoms with Gasteiger partial charge in [-0.25, -0.2) is 9.78 Å². The summed E-state index contributed by atoms with van der Waals surface area (Å²) in [6.07, 6.45) is 1.40. The van der Waals surface area contributed by atoms with Crippen molar-refractivity contribution in [3.05, 3.63) is 97.8 Å². The summed E-state index contributed by atoms with van der Waals surface area (Å²) in [7, 11) is 2.92. The van der Waals surface area contributed by atoms with E-state index in [0.717, 1.165) is 10.1 Å². The number of hydrogen-bond acceptors (Lipinski definition) is 5. The zero-order valence-corrected chi connectivity index (χ0v) is 18.1. The molecule has 9 heteroatoms. The first-order valence-electron chi connectivity index (χ1n) is 9.68. The summed E-state index contributed by atoms with van der Waals surface area (Å²) in [5.74, 6) is -0.00786. The summed E-state index contributed by atoms with van der Waals surface area (Å²) >= 11 is 5.91. The fourth-order valence-electron chi connectivity index (χ4n) is 3.25. The van der Waals surface area contributed by atoms with Crippen LogP contribution in [0.3, 0.4) is 0 Å². The summed E-state index contributed by atoms with van der Waals surface area (Å²) in [6.45, 7) is 0.267. The van der Waals surface area contributed by atoms with Crippen molar-refractivity contribution in [2.45, 2.75) is 6.61 Å². The van der Waals surface area contributed by atoms with Crippen molar-refractivity contribution in [3.8, 4) is 5.75 Å². The lowest BCUT2D eigenvalue weighted by Crippen LogP contribution is -2.37. The van der Waals surface area contributed by atoms with Crippen LogP contribution in [0.5, 0.6) is 5.75 Å². The zero-order chi connectivity index (χ0) is 22.8. The molecule has 2 aromatic heterocycles. The second-order valence-electron chi connectivity index (χ2n) is 7.17. The van der Waals surface area contributed by atoms with E-state index in [1.54, 1.807) is 36.4 Å². The van der Waals surface area contributed by atoms with Gasteiger partial charge in [0, 0.05) is 19.1 Å². The van der Waals surface area contributed by atoms with Crippen LogP contribution in [0, 0.1) is 0 Å². The predicted octanol–water partition coefficient (Wildman–Crippen LogP) is 3.12. The van der Waals surface area contributed by atoms with E-state index in [1.165, 1.54) is 30.9 Å². The van der Waals surface area contributed by atoms with Gasteiger partial charge in [-0.2, -0.15) is 0 Å². The number of anilines is 1. The Labute approximate surface area is 187 Å². The molecule has 2 heterocycles. The van der Waals surface area contributed by atoms with E-state index >= 15 is 0 Å². The molecular formula is C23H19ClN4O4. The van der Waals surface area contributed by atoms with Gasteiger partial charge in [0.05, 0.1) is 22.8 Å². The molecule has 32 heavy (non-hydrogen) atoms. The van der Waals surface area contributed by atoms with Crippen LogP contribution < -0.4 is 21.3 Å². The molecule has 0 saturated heterocycles. The van der Waals surface area contributed by atoms with Crippen molar-refractivity contribution in [1.29, 1.82) is 0 Å². The monoisotopic (exact) mass is 450 g/mol. The first-order valence-corrected chi connectivity index (χ1v) is 10.1. The quantitative estimate of drug-likeness (QED) is 0.504. The van der Waals surface area contributed by atoms with Gasteiger partial charge < -0.3 is 10.1 Å². The number of para-hydroxylation sites is 1. The molecular weight excluding hydrogens is 432 g/mol. The van der Waals surface area contributed by atoms with Gasteiger partial charge >= 0.3 is 5.69 Å². The maximum atomic E-state index is 12.9. The van der Waals surface area contributed by atoms with Crippen LogP contribution in [0.25, 0.3) is 11.0 Å². The highest BCUT2D eigenvalue weighted by Crippen LogP contribution is 2.22. The average molecular weight is 451 g/mol. The molecule has 8 nitrogen and oxygen atoms in total. The summed E-state index contributed by atoms with van der Waals surface area (Å²) < 4.78 is 8.12. The first-order chi connectivity index (χ1) is 15.3. The van der Waals surface area contributed by atoms with Crippen molar-refractivity contribution in [3.63, 3.8) is 0 Å². The molecule has 0 aliphatic rings. The molecule has 162 valence electrons. The Balaban J connectivity index is 1.59. The predicted molar refractivity (Wildman–Crippen MR) is 122 cm³/mol. The van der Waals surface area contributed by atoms with Crippen LogP contribution in [-0.2, 0) is 20.7 Å². The Morgan fingerprint density at radius 1 is 1.06 bits per heavy atom. The van der Waals surface area contributed by atoms with Crippen molar-refractivity contribution in [2.75, 3.05) is 5.32 Å². The third kappa shape index (κ3) is 4.13. The van der Waals surface area contributed by atoms with E-state index in [4.69, 9.17) is 16.3 Å². The SMILES string of the molecule is Cn1c(=O)c2cc(NC(=O)c3ccccc3OCc3ccc(Cl)cc3)cnc2n(C)c1=O. The van der Waals surface area contributed by atoms with E-state index in [0.29, 0.717) is 22.0 Å². The molecule has 0 unspecified atom stereocenters. The smallest absolute Gasteiger partial charge is 0.332 e. The van der Waals surface area contributed by atoms with Gasteiger partial charge in [-0.15, -0.1) is 0 Å². The fraction of sp³-hybridized carbons (Fsp3) is 0.130. The standard InChI is InChI=1S/C23H19ClN4O4/c1-27-20-18(22(30)28(2)23(27)31)11-16(12-25-20)26-21(29)17-5-3-4-6-19(17)32-13-14-7-9-15(24)10-8-14/h3-12H,13H2,1-2H3,(H,26,29). The molecule has 0 saturated carbocycles. The number of pyridine rings is 1. The molecule has 2 aromatic carbocycles. The van der Waals surface area contributed by atoms with Crippen LogP contribution in [0.1, 0.15) is 15.9 Å². The van der Waals surface area contributed by atoms with Crippen molar-refractivity contribution >= 4 is 34.2 Å². The minimum absolute atomic E-state index is 0.222. The van der Waals surface area contributed by atoms with E-state index in [2.05, 4.69) is 10.3 Å². The largest absolute Gasteiger partial charge is 0.488 e. The Hall–Kier alpha value is -3.91. The Kier molecular flexibility index (Phi) is 5.79. The van der Waals surface area contributed by atoms with E-state index in [9.17, 15) is 14.4 Å². The van der Waals surface area contributed by atoms with E-state index in [-0.39, 0.29) is 17.6 Å². The average Bonchev–Trinajstić information content (AvgIpc) is 2.81. The van der Waals surface area contributed by atoms with Gasteiger partial charge in [0.25, 0.3) is 11.5 Å². The number of nitrogens with zero attached hydrogens (tertiary/aromatic N) is 3. The molecule has 4 rings (SSSR count). The molecule has 4 aromatic rings. The Morgan fingerprint density at radius 3 is 2.53 bits per heavy atom. The highest BCUT2D eigenvalue weighted by atomic mass is 35.5. The maximum absolute atomic E-state index is 12.9. The van der Waals surface area contributed by atoms with Crippen molar-refractivity contribution in [1.82, 2.24) is 14.1 Å². The van der Waals surface area contributed by atoms with Gasteiger partial charge in [-0.05, 0) is 35.9 Å². The van der Waals surface area contributed by atoms with Crippen molar-refractivity contribution < 1.29 is 9.53 Å². The Bertz CT molecular complexity index is 1440. The number of fused-ring (bicyclic) bond motifs is 1. The number of rotatable bonds is 5. The van der Waals surface area contributed by atoms with Gasteiger partial charge in [-0.1, -0.05) is 35.9 Å². The molecule has 0 atom stereocenters. The van der Waals surface area contributed by atoms with Crippen molar-refractivity contribution in [2.24, 2.45) is 14.1 Å². The summed E-state index contributed by atoms with van der Waals surface area (Å²) in [4.78, 5) is 41.7. The number of nitrogens with one attached hydrogen (secondary N) is 1. The number of hydrogen-bond donors (Lipinski definition) is 1. The molecule has 0 fully saturated rings. The van der Waals surface area contributed by atoms with Crippen LogP contribution in [0.2, 0.25) is 5.02 Å². The van der Waals surface area contributed by atoms with Gasteiger partial charge in [-0.3, -0.25) is 18.7 Å². The van der Waals surface area contributed by atoms with Crippen LogP contribution >= 0.6 is 11.6 Å².